The van der Waals surface area contributed by atoms with Crippen LogP contribution < -0.4 is 4.74 Å². The lowest BCUT2D eigenvalue weighted by Crippen LogP contribution is -2.34. The molecule has 1 atom stereocenters. The fraction of sp³-hybridized carbons (Fsp3) is 0.526. The summed E-state index contributed by atoms with van der Waals surface area (Å²) in [6.07, 6.45) is 4.87. The lowest BCUT2D eigenvalue weighted by atomic mass is 9.69. The summed E-state index contributed by atoms with van der Waals surface area (Å²) in [4.78, 5) is 12.3. The van der Waals surface area contributed by atoms with Gasteiger partial charge in [-0.2, -0.15) is 0 Å². The predicted molar refractivity (Wildman–Crippen MR) is 88.0 cm³/mol. The number of hydrogen-bond acceptors (Lipinski definition) is 3. The van der Waals surface area contributed by atoms with Gasteiger partial charge in [0, 0.05) is 0 Å². The average molecular weight is 302 g/mol. The molecule has 1 unspecified atom stereocenters. The largest absolute Gasteiger partial charge is 0.497 e. The van der Waals surface area contributed by atoms with E-state index < -0.39 is 5.41 Å². The number of allylic oxidation sites excluding steroid dienone is 1. The molecular formula is C19H26O3. The number of esters is 1. The molecule has 0 saturated carbocycles. The summed E-state index contributed by atoms with van der Waals surface area (Å²) in [5.41, 5.74) is 3.43. The Labute approximate surface area is 133 Å². The van der Waals surface area contributed by atoms with Crippen molar-refractivity contribution in [3.8, 4) is 5.75 Å². The van der Waals surface area contributed by atoms with Gasteiger partial charge in [-0.05, 0) is 63.6 Å². The second-order valence-corrected chi connectivity index (χ2v) is 6.28. The van der Waals surface area contributed by atoms with Crippen LogP contribution in [0.5, 0.6) is 5.75 Å². The highest BCUT2D eigenvalue weighted by Crippen LogP contribution is 2.43. The smallest absolute Gasteiger partial charge is 0.315 e. The monoisotopic (exact) mass is 302 g/mol. The molecule has 0 bridgehead atoms. The van der Waals surface area contributed by atoms with E-state index in [-0.39, 0.29) is 5.97 Å². The second kappa shape index (κ2) is 6.99. The van der Waals surface area contributed by atoms with Crippen LogP contribution in [0.25, 0.3) is 0 Å². The molecule has 2 rings (SSSR count). The summed E-state index contributed by atoms with van der Waals surface area (Å²) >= 11 is 0. The Hall–Kier alpha value is -1.77. The summed E-state index contributed by atoms with van der Waals surface area (Å²) in [6, 6.07) is 8.15. The van der Waals surface area contributed by atoms with E-state index in [1.165, 1.54) is 23.8 Å². The Kier molecular flexibility index (Phi) is 5.28. The van der Waals surface area contributed by atoms with Gasteiger partial charge in [-0.25, -0.2) is 0 Å². The Bertz CT molecular complexity index is 557. The van der Waals surface area contributed by atoms with Gasteiger partial charge < -0.3 is 9.47 Å². The molecule has 22 heavy (non-hydrogen) atoms. The quantitative estimate of drug-likeness (QED) is 0.600. The Morgan fingerprint density at radius 3 is 2.45 bits per heavy atom. The van der Waals surface area contributed by atoms with Crippen LogP contribution in [0.1, 0.15) is 45.1 Å². The van der Waals surface area contributed by atoms with Crippen LogP contribution in [0.4, 0.5) is 0 Å². The number of carbonyl (C=O) groups is 1. The van der Waals surface area contributed by atoms with E-state index in [2.05, 4.69) is 19.1 Å². The molecule has 1 aliphatic carbocycles. The highest BCUT2D eigenvalue weighted by molar-refractivity contribution is 5.80. The van der Waals surface area contributed by atoms with Crippen molar-refractivity contribution in [1.29, 1.82) is 0 Å². The summed E-state index contributed by atoms with van der Waals surface area (Å²) in [5, 5.41) is 0. The number of hydrogen-bond donors (Lipinski definition) is 0. The molecule has 3 heteroatoms. The fourth-order valence-electron chi connectivity index (χ4n) is 3.48. The number of aryl methyl sites for hydroxylation is 1. The van der Waals surface area contributed by atoms with Gasteiger partial charge in [-0.15, -0.1) is 0 Å². The summed E-state index contributed by atoms with van der Waals surface area (Å²) in [6.45, 7) is 4.19. The van der Waals surface area contributed by atoms with E-state index in [1.807, 2.05) is 19.1 Å². The number of carbonyl (C=O) groups excluding carboxylic acids is 1. The molecule has 0 spiro atoms. The molecule has 1 aliphatic rings. The highest BCUT2D eigenvalue weighted by Gasteiger charge is 2.40. The molecule has 1 aromatic rings. The molecule has 0 fully saturated rings. The van der Waals surface area contributed by atoms with E-state index in [4.69, 9.17) is 9.47 Å². The minimum atomic E-state index is -0.455. The average Bonchev–Trinajstić information content (AvgIpc) is 2.54. The molecule has 0 N–H and O–H groups in total. The lowest BCUT2D eigenvalue weighted by Gasteiger charge is -2.35. The van der Waals surface area contributed by atoms with Crippen LogP contribution in [0.2, 0.25) is 0 Å². The van der Waals surface area contributed by atoms with Gasteiger partial charge in [0.25, 0.3) is 0 Å². The van der Waals surface area contributed by atoms with Gasteiger partial charge in [0.05, 0.1) is 19.6 Å². The number of methoxy groups -OCH3 is 2. The first-order valence-electron chi connectivity index (χ1n) is 7.91. The number of ether oxygens (including phenoxy) is 2. The third-order valence-corrected chi connectivity index (χ3v) is 4.87. The zero-order valence-electron chi connectivity index (χ0n) is 14.1. The summed E-state index contributed by atoms with van der Waals surface area (Å²) in [7, 11) is 3.16. The van der Waals surface area contributed by atoms with Crippen molar-refractivity contribution < 1.29 is 14.3 Å². The van der Waals surface area contributed by atoms with Gasteiger partial charge in [-0.3, -0.25) is 4.79 Å². The van der Waals surface area contributed by atoms with Gasteiger partial charge in [0.1, 0.15) is 5.75 Å². The molecule has 0 aliphatic heterocycles. The molecular weight excluding hydrogens is 276 g/mol. The van der Waals surface area contributed by atoms with Crippen molar-refractivity contribution in [2.45, 2.75) is 46.0 Å². The summed E-state index contributed by atoms with van der Waals surface area (Å²) in [5.74, 6) is 0.771. The molecule has 3 nitrogen and oxygen atoms in total. The minimum absolute atomic E-state index is 0.101. The van der Waals surface area contributed by atoms with Gasteiger partial charge in [-0.1, -0.05) is 23.3 Å². The van der Waals surface area contributed by atoms with Crippen LogP contribution in [-0.4, -0.2) is 20.2 Å². The van der Waals surface area contributed by atoms with E-state index >= 15 is 0 Å². The Morgan fingerprint density at radius 2 is 1.86 bits per heavy atom. The van der Waals surface area contributed by atoms with Gasteiger partial charge in [0.2, 0.25) is 0 Å². The number of rotatable bonds is 5. The predicted octanol–water partition coefficient (Wildman–Crippen LogP) is 4.31. The zero-order valence-corrected chi connectivity index (χ0v) is 14.1. The van der Waals surface area contributed by atoms with Crippen LogP contribution >= 0.6 is 0 Å². The SMILES string of the molecule is COC(=O)C1(C)CCCC(C)=C1CCc1ccc(OC)cc1. The molecule has 0 radical (unpaired) electrons. The maximum Gasteiger partial charge on any atom is 0.315 e. The zero-order chi connectivity index (χ0) is 16.2. The highest BCUT2D eigenvalue weighted by atomic mass is 16.5. The molecule has 120 valence electrons. The van der Waals surface area contributed by atoms with Crippen molar-refractivity contribution in [3.05, 3.63) is 41.0 Å². The van der Waals surface area contributed by atoms with Crippen LogP contribution in [0.15, 0.2) is 35.4 Å². The van der Waals surface area contributed by atoms with Crippen molar-refractivity contribution in [2.24, 2.45) is 5.41 Å². The fourth-order valence-corrected chi connectivity index (χ4v) is 3.48. The van der Waals surface area contributed by atoms with Crippen LogP contribution in [0.3, 0.4) is 0 Å². The van der Waals surface area contributed by atoms with Crippen LogP contribution in [-0.2, 0) is 16.0 Å². The molecule has 1 aromatic carbocycles. The topological polar surface area (TPSA) is 35.5 Å². The minimum Gasteiger partial charge on any atom is -0.497 e. The van der Waals surface area contributed by atoms with Crippen LogP contribution in [0, 0.1) is 5.41 Å². The van der Waals surface area contributed by atoms with Crippen molar-refractivity contribution in [2.75, 3.05) is 14.2 Å². The normalized spacial score (nSPS) is 21.6. The standard InChI is InChI=1S/C19H26O3/c1-14-6-5-13-19(2,18(20)22-4)17(14)12-9-15-7-10-16(21-3)11-8-15/h7-8,10-11H,5-6,9,12-13H2,1-4H3. The first-order valence-corrected chi connectivity index (χ1v) is 7.91. The maximum atomic E-state index is 12.3. The molecule has 0 amide bonds. The van der Waals surface area contributed by atoms with E-state index in [0.717, 1.165) is 37.9 Å². The second-order valence-electron chi connectivity index (χ2n) is 6.28. The number of benzene rings is 1. The van der Waals surface area contributed by atoms with Crippen molar-refractivity contribution in [1.82, 2.24) is 0 Å². The lowest BCUT2D eigenvalue weighted by molar-refractivity contribution is -0.150. The van der Waals surface area contributed by atoms with Crippen molar-refractivity contribution in [3.63, 3.8) is 0 Å². The third kappa shape index (κ3) is 3.34. The molecule has 0 aromatic heterocycles. The Balaban J connectivity index is 2.15. The molecule has 0 saturated heterocycles. The van der Waals surface area contributed by atoms with E-state index in [0.29, 0.717) is 0 Å². The van der Waals surface area contributed by atoms with Gasteiger partial charge in [0.15, 0.2) is 0 Å². The van der Waals surface area contributed by atoms with Crippen molar-refractivity contribution >= 4 is 5.97 Å². The Morgan fingerprint density at radius 1 is 1.18 bits per heavy atom. The molecule has 0 heterocycles. The van der Waals surface area contributed by atoms with Gasteiger partial charge >= 0.3 is 5.97 Å². The van der Waals surface area contributed by atoms with E-state index in [9.17, 15) is 4.79 Å². The first-order chi connectivity index (χ1) is 10.5. The first kappa shape index (κ1) is 16.6. The summed E-state index contributed by atoms with van der Waals surface area (Å²) < 4.78 is 10.3. The van der Waals surface area contributed by atoms with E-state index in [1.54, 1.807) is 7.11 Å². The third-order valence-electron chi connectivity index (χ3n) is 4.87. The maximum absolute atomic E-state index is 12.3.